The van der Waals surface area contributed by atoms with Crippen molar-refractivity contribution in [3.8, 4) is 11.5 Å². The second-order valence-corrected chi connectivity index (χ2v) is 5.98. The molecular weight excluding hydrogens is 554 g/mol. The Morgan fingerprint density at radius 3 is 1.61 bits per heavy atom. The van der Waals surface area contributed by atoms with Crippen LogP contribution in [0.5, 0.6) is 11.5 Å². The molecular formula is C21H27BrK2O9. The number of rotatable bonds is 5. The molecule has 0 aliphatic heterocycles. The number of carbonyl (C=O) groups excluding carboxylic acids is 3. The molecule has 2 rings (SSSR count). The molecule has 0 saturated heterocycles. The van der Waals surface area contributed by atoms with Crippen molar-refractivity contribution in [1.29, 1.82) is 0 Å². The van der Waals surface area contributed by atoms with E-state index in [1.165, 1.54) is 19.8 Å². The van der Waals surface area contributed by atoms with E-state index in [0.29, 0.717) is 11.5 Å². The molecule has 12 heteroatoms. The predicted molar refractivity (Wildman–Crippen MR) is 116 cm³/mol. The number of benzene rings is 2. The summed E-state index contributed by atoms with van der Waals surface area (Å²) in [7, 11) is 2.68. The second kappa shape index (κ2) is 28.4. The SMILES string of the molecule is COC(=O)CBr.COC(=O)COc1ccc(C)cc1.Cc1ccc(O)cc1.O=CO[O-].[H-].[K+].[K+]. The molecule has 0 aliphatic rings. The van der Waals surface area contributed by atoms with E-state index >= 15 is 0 Å². The number of halogens is 1. The van der Waals surface area contributed by atoms with Crippen molar-refractivity contribution in [3.63, 3.8) is 0 Å². The van der Waals surface area contributed by atoms with Crippen LogP contribution in [0.15, 0.2) is 48.5 Å². The Bertz CT molecular complexity index is 722. The fourth-order valence-corrected chi connectivity index (χ4v) is 1.66. The van der Waals surface area contributed by atoms with Gasteiger partial charge in [0.05, 0.1) is 14.2 Å². The fourth-order valence-electron chi connectivity index (χ4n) is 1.43. The van der Waals surface area contributed by atoms with Gasteiger partial charge in [0, 0.05) is 0 Å². The molecule has 2 aromatic rings. The molecule has 0 aliphatic carbocycles. The summed E-state index contributed by atoms with van der Waals surface area (Å²) in [5.74, 6) is 0.391. The van der Waals surface area contributed by atoms with Crippen molar-refractivity contribution >= 4 is 34.3 Å². The van der Waals surface area contributed by atoms with Crippen LogP contribution >= 0.6 is 15.9 Å². The van der Waals surface area contributed by atoms with E-state index < -0.39 is 0 Å². The normalized spacial score (nSPS) is 7.94. The first-order chi connectivity index (χ1) is 14.7. The van der Waals surface area contributed by atoms with Crippen molar-refractivity contribution in [1.82, 2.24) is 0 Å². The summed E-state index contributed by atoms with van der Waals surface area (Å²) in [5, 5.41) is 17.5. The molecule has 0 saturated carbocycles. The number of alkyl halides is 1. The molecule has 0 spiro atoms. The van der Waals surface area contributed by atoms with Crippen LogP contribution in [0.3, 0.4) is 0 Å². The van der Waals surface area contributed by atoms with Gasteiger partial charge in [-0.2, -0.15) is 0 Å². The minimum absolute atomic E-state index is 0. The maximum Gasteiger partial charge on any atom is 1.00 e. The van der Waals surface area contributed by atoms with E-state index in [0.717, 1.165) is 5.56 Å². The van der Waals surface area contributed by atoms with Gasteiger partial charge in [-0.25, -0.2) is 4.79 Å². The molecule has 0 atom stereocenters. The van der Waals surface area contributed by atoms with Gasteiger partial charge in [0.25, 0.3) is 6.47 Å². The van der Waals surface area contributed by atoms with E-state index in [-0.39, 0.29) is 135 Å². The molecule has 9 nitrogen and oxygen atoms in total. The Hall–Kier alpha value is 0.163. The minimum atomic E-state index is -0.374. The van der Waals surface area contributed by atoms with Crippen LogP contribution in [0.4, 0.5) is 0 Å². The van der Waals surface area contributed by atoms with Crippen LogP contribution in [0.1, 0.15) is 12.6 Å². The predicted octanol–water partition coefficient (Wildman–Crippen LogP) is -3.64. The molecule has 0 aromatic heterocycles. The summed E-state index contributed by atoms with van der Waals surface area (Å²) >= 11 is 2.90. The molecule has 1 N–H and O–H groups in total. The van der Waals surface area contributed by atoms with Gasteiger partial charge in [0.1, 0.15) is 16.8 Å². The summed E-state index contributed by atoms with van der Waals surface area (Å²) in [6.07, 6.45) is 0. The number of carbonyl (C=O) groups is 3. The Labute approximate surface area is 288 Å². The number of esters is 2. The summed E-state index contributed by atoms with van der Waals surface area (Å²) in [5.41, 5.74) is 2.33. The number of aromatic hydroxyl groups is 1. The number of phenols is 1. The van der Waals surface area contributed by atoms with Crippen molar-refractivity contribution < 1.29 is 148 Å². The number of hydrogen-bond donors (Lipinski definition) is 1. The average Bonchev–Trinajstić information content (AvgIpc) is 2.80. The third-order valence-electron chi connectivity index (χ3n) is 3.02. The third kappa shape index (κ3) is 28.3. The van der Waals surface area contributed by atoms with Gasteiger partial charge >= 0.3 is 115 Å². The number of hydrogen-bond acceptors (Lipinski definition) is 9. The van der Waals surface area contributed by atoms with Crippen LogP contribution in [0.2, 0.25) is 0 Å². The Morgan fingerprint density at radius 1 is 0.939 bits per heavy atom. The smallest absolute Gasteiger partial charge is 1.00 e. The van der Waals surface area contributed by atoms with Crippen LogP contribution in [-0.4, -0.2) is 49.7 Å². The molecule has 33 heavy (non-hydrogen) atoms. The zero-order chi connectivity index (χ0) is 24.1. The number of methoxy groups -OCH3 is 2. The topological polar surface area (TPSA) is 131 Å². The Morgan fingerprint density at radius 2 is 1.33 bits per heavy atom. The van der Waals surface area contributed by atoms with Gasteiger partial charge in [0.2, 0.25) is 0 Å². The molecule has 0 unspecified atom stereocenters. The van der Waals surface area contributed by atoms with Gasteiger partial charge in [-0.1, -0.05) is 51.3 Å². The monoisotopic (exact) mass is 580 g/mol. The van der Waals surface area contributed by atoms with E-state index in [1.54, 1.807) is 12.1 Å². The van der Waals surface area contributed by atoms with Crippen LogP contribution in [0, 0.1) is 13.8 Å². The van der Waals surface area contributed by atoms with Gasteiger partial charge in [-0.05, 0) is 38.1 Å². The van der Waals surface area contributed by atoms with E-state index in [1.807, 2.05) is 50.2 Å². The molecule has 0 fully saturated rings. The minimum Gasteiger partial charge on any atom is -1.00 e. The largest absolute Gasteiger partial charge is 1.00 e. The fraction of sp³-hybridized carbons (Fsp3) is 0.286. The molecule has 174 valence electrons. The van der Waals surface area contributed by atoms with E-state index in [9.17, 15) is 9.59 Å². The summed E-state index contributed by atoms with van der Waals surface area (Å²) in [4.78, 5) is 31.9. The standard InChI is InChI=1S/C10H12O3.C7H8O.C3H5BrO2.CH2O3.2K.H/c1-8-3-5-9(6-4-8)13-7-10(11)12-2;1-6-2-4-7(8)5-3-6;1-6-3(5)2-4;2-1-4-3;;;/h3-6H,7H2,1-2H3;2-5,8H,1H3;2H2,1H3;1,3H;;;/q;;;;2*+1;-1/p-1. The maximum atomic E-state index is 10.7. The second-order valence-electron chi connectivity index (χ2n) is 5.42. The average molecular weight is 582 g/mol. The van der Waals surface area contributed by atoms with Gasteiger partial charge in [0.15, 0.2) is 6.61 Å². The quantitative estimate of drug-likeness (QED) is 0.0949. The first-order valence-electron chi connectivity index (χ1n) is 8.60. The van der Waals surface area contributed by atoms with Gasteiger partial charge < -0.3 is 30.9 Å². The molecule has 0 bridgehead atoms. The zero-order valence-electron chi connectivity index (χ0n) is 20.7. The maximum absolute atomic E-state index is 10.7. The van der Waals surface area contributed by atoms with Gasteiger partial charge in [-0.15, -0.1) is 0 Å². The Kier molecular flexibility index (Phi) is 34.7. The zero-order valence-corrected chi connectivity index (χ0v) is 27.5. The van der Waals surface area contributed by atoms with Crippen LogP contribution in [0.25, 0.3) is 0 Å². The third-order valence-corrected chi connectivity index (χ3v) is 3.47. The summed E-state index contributed by atoms with van der Waals surface area (Å²) in [6, 6.07) is 14.6. The number of ether oxygens (including phenoxy) is 3. The summed E-state index contributed by atoms with van der Waals surface area (Å²) in [6.45, 7) is 3.75. The van der Waals surface area contributed by atoms with Crippen molar-refractivity contribution in [2.24, 2.45) is 0 Å². The van der Waals surface area contributed by atoms with E-state index in [4.69, 9.17) is 19.9 Å². The molecule has 0 heterocycles. The first kappa shape index (κ1) is 40.3. The van der Waals surface area contributed by atoms with E-state index in [2.05, 4.69) is 30.3 Å². The number of aryl methyl sites for hydroxylation is 2. The summed E-state index contributed by atoms with van der Waals surface area (Å²) < 4.78 is 13.8. The van der Waals surface area contributed by atoms with Gasteiger partial charge in [-0.3, -0.25) is 9.59 Å². The molecule has 2 aromatic carbocycles. The Balaban J connectivity index is -0.000000117. The number of phenolic OH excluding ortho intramolecular Hbond substituents is 1. The first-order valence-corrected chi connectivity index (χ1v) is 9.73. The van der Waals surface area contributed by atoms with Crippen LogP contribution in [-0.2, 0) is 28.7 Å². The molecule has 0 radical (unpaired) electrons. The van der Waals surface area contributed by atoms with Crippen molar-refractivity contribution in [2.45, 2.75) is 13.8 Å². The molecule has 0 amide bonds. The van der Waals surface area contributed by atoms with Crippen molar-refractivity contribution in [3.05, 3.63) is 59.7 Å². The van der Waals surface area contributed by atoms with Crippen molar-refractivity contribution in [2.75, 3.05) is 26.2 Å². The van der Waals surface area contributed by atoms with Crippen LogP contribution < -0.4 is 113 Å².